The summed E-state index contributed by atoms with van der Waals surface area (Å²) < 4.78 is 5.29. The Bertz CT molecular complexity index is 317. The monoisotopic (exact) mass is 164 g/mol. The van der Waals surface area contributed by atoms with Crippen molar-refractivity contribution in [1.29, 1.82) is 0 Å². The van der Waals surface area contributed by atoms with Crippen LogP contribution in [0.5, 0.6) is 5.75 Å². The molecule has 1 aliphatic rings. The van der Waals surface area contributed by atoms with E-state index in [0.29, 0.717) is 5.05 Å². The van der Waals surface area contributed by atoms with Crippen molar-refractivity contribution in [2.45, 2.75) is 13.3 Å². The van der Waals surface area contributed by atoms with Crippen LogP contribution in [0.1, 0.15) is 11.1 Å². The topological polar surface area (TPSA) is 9.23 Å². The summed E-state index contributed by atoms with van der Waals surface area (Å²) in [4.78, 5) is 0. The second-order valence-corrected chi connectivity index (χ2v) is 3.22. The molecule has 0 amide bonds. The maximum atomic E-state index is 5.29. The summed E-state index contributed by atoms with van der Waals surface area (Å²) in [7, 11) is 0. The first-order valence-electron chi connectivity index (χ1n) is 3.56. The molecule has 0 saturated heterocycles. The summed E-state index contributed by atoms with van der Waals surface area (Å²) in [6, 6.07) is 6.13. The van der Waals surface area contributed by atoms with Crippen LogP contribution in [0.3, 0.4) is 0 Å². The van der Waals surface area contributed by atoms with Crippen LogP contribution in [0, 0.1) is 6.92 Å². The molecule has 0 aromatic heterocycles. The van der Waals surface area contributed by atoms with Crippen molar-refractivity contribution >= 4 is 17.3 Å². The van der Waals surface area contributed by atoms with Gasteiger partial charge in [0.25, 0.3) is 0 Å². The molecule has 0 spiro atoms. The molecule has 0 atom stereocenters. The smallest absolute Gasteiger partial charge is 0.171 e. The Morgan fingerprint density at radius 1 is 1.45 bits per heavy atom. The lowest BCUT2D eigenvalue weighted by Gasteiger charge is -1.96. The summed E-state index contributed by atoms with van der Waals surface area (Å²) in [5, 5.41) is 0.686. The van der Waals surface area contributed by atoms with E-state index in [0.717, 1.165) is 12.2 Å². The van der Waals surface area contributed by atoms with Gasteiger partial charge in [-0.3, -0.25) is 0 Å². The Morgan fingerprint density at radius 3 is 3.09 bits per heavy atom. The molecule has 11 heavy (non-hydrogen) atoms. The Morgan fingerprint density at radius 2 is 2.27 bits per heavy atom. The third-order valence-corrected chi connectivity index (χ3v) is 2.00. The van der Waals surface area contributed by atoms with E-state index in [9.17, 15) is 0 Å². The number of benzene rings is 1. The molecule has 2 heteroatoms. The molecule has 1 heterocycles. The van der Waals surface area contributed by atoms with E-state index in [1.165, 1.54) is 11.1 Å². The van der Waals surface area contributed by atoms with Crippen molar-refractivity contribution < 1.29 is 4.74 Å². The fraction of sp³-hybridized carbons (Fsp3) is 0.222. The van der Waals surface area contributed by atoms with Gasteiger partial charge in [-0.2, -0.15) is 0 Å². The zero-order chi connectivity index (χ0) is 7.84. The number of aryl methyl sites for hydroxylation is 1. The van der Waals surface area contributed by atoms with E-state index < -0.39 is 0 Å². The molecule has 0 N–H and O–H groups in total. The molecule has 1 nitrogen and oxygen atoms in total. The van der Waals surface area contributed by atoms with Crippen LogP contribution in [0.15, 0.2) is 18.2 Å². The Labute approximate surface area is 71.0 Å². The van der Waals surface area contributed by atoms with Crippen molar-refractivity contribution in [1.82, 2.24) is 0 Å². The maximum Gasteiger partial charge on any atom is 0.171 e. The Hall–Kier alpha value is -0.890. The number of fused-ring (bicyclic) bond motifs is 1. The summed E-state index contributed by atoms with van der Waals surface area (Å²) in [6.07, 6.45) is 0.798. The molecule has 1 aromatic carbocycles. The van der Waals surface area contributed by atoms with Crippen LogP contribution in [0.25, 0.3) is 0 Å². The highest BCUT2D eigenvalue weighted by atomic mass is 32.1. The Balaban J connectivity index is 2.51. The largest absolute Gasteiger partial charge is 0.450 e. The van der Waals surface area contributed by atoms with Crippen molar-refractivity contribution in [2.75, 3.05) is 0 Å². The van der Waals surface area contributed by atoms with Gasteiger partial charge in [-0.05, 0) is 25.2 Å². The van der Waals surface area contributed by atoms with Crippen LogP contribution in [0.4, 0.5) is 0 Å². The van der Waals surface area contributed by atoms with Gasteiger partial charge in [-0.15, -0.1) is 0 Å². The van der Waals surface area contributed by atoms with Gasteiger partial charge in [0, 0.05) is 12.0 Å². The van der Waals surface area contributed by atoms with Gasteiger partial charge in [0.15, 0.2) is 5.05 Å². The predicted octanol–water partition coefficient (Wildman–Crippen LogP) is 2.26. The molecular weight excluding hydrogens is 156 g/mol. The zero-order valence-corrected chi connectivity index (χ0v) is 7.07. The second-order valence-electron chi connectivity index (χ2n) is 2.76. The third-order valence-electron chi connectivity index (χ3n) is 1.77. The van der Waals surface area contributed by atoms with Crippen LogP contribution in [-0.2, 0) is 6.42 Å². The van der Waals surface area contributed by atoms with Gasteiger partial charge < -0.3 is 4.74 Å². The lowest BCUT2D eigenvalue weighted by Crippen LogP contribution is -1.96. The van der Waals surface area contributed by atoms with Crippen molar-refractivity contribution in [3.8, 4) is 5.75 Å². The van der Waals surface area contributed by atoms with E-state index in [2.05, 4.69) is 13.0 Å². The Kier molecular flexibility index (Phi) is 1.43. The number of hydrogen-bond acceptors (Lipinski definition) is 2. The molecule has 0 aliphatic carbocycles. The van der Waals surface area contributed by atoms with E-state index >= 15 is 0 Å². The van der Waals surface area contributed by atoms with Gasteiger partial charge in [0.2, 0.25) is 0 Å². The lowest BCUT2D eigenvalue weighted by molar-refractivity contribution is 0.579. The van der Waals surface area contributed by atoms with Crippen molar-refractivity contribution in [3.63, 3.8) is 0 Å². The third kappa shape index (κ3) is 1.14. The normalized spacial score (nSPS) is 14.5. The molecule has 0 fully saturated rings. The van der Waals surface area contributed by atoms with E-state index in [1.807, 2.05) is 12.1 Å². The van der Waals surface area contributed by atoms with Crippen LogP contribution in [0.2, 0.25) is 0 Å². The minimum absolute atomic E-state index is 0.686. The second kappa shape index (κ2) is 2.31. The summed E-state index contributed by atoms with van der Waals surface area (Å²) in [6.45, 7) is 2.07. The first kappa shape index (κ1) is 6.80. The highest BCUT2D eigenvalue weighted by Gasteiger charge is 2.15. The summed E-state index contributed by atoms with van der Waals surface area (Å²) >= 11 is 4.95. The highest BCUT2D eigenvalue weighted by molar-refractivity contribution is 7.80. The quantitative estimate of drug-likeness (QED) is 0.544. The average Bonchev–Trinajstić information content (AvgIpc) is 2.27. The van der Waals surface area contributed by atoms with Crippen LogP contribution < -0.4 is 4.74 Å². The molecule has 56 valence electrons. The van der Waals surface area contributed by atoms with Gasteiger partial charge in [-0.25, -0.2) is 0 Å². The molecule has 1 aromatic rings. The van der Waals surface area contributed by atoms with Gasteiger partial charge in [-0.1, -0.05) is 17.7 Å². The minimum Gasteiger partial charge on any atom is -0.450 e. The first-order chi connectivity index (χ1) is 5.25. The number of thiocarbonyl (C=S) groups is 1. The van der Waals surface area contributed by atoms with Crippen molar-refractivity contribution in [2.24, 2.45) is 0 Å². The molecule has 0 saturated carbocycles. The molecule has 1 aliphatic heterocycles. The SMILES string of the molecule is Cc1ccc2c(c1)CC(=S)O2. The number of rotatable bonds is 0. The number of hydrogen-bond donors (Lipinski definition) is 0. The highest BCUT2D eigenvalue weighted by Crippen LogP contribution is 2.26. The standard InChI is InChI=1S/C9H8OS/c1-6-2-3-8-7(4-6)5-9(11)10-8/h2-4H,5H2,1H3. The van der Waals surface area contributed by atoms with Crippen LogP contribution in [-0.4, -0.2) is 5.05 Å². The molecule has 2 rings (SSSR count). The van der Waals surface area contributed by atoms with Gasteiger partial charge >= 0.3 is 0 Å². The van der Waals surface area contributed by atoms with E-state index in [4.69, 9.17) is 17.0 Å². The molecule has 0 unspecified atom stereocenters. The minimum atomic E-state index is 0.686. The summed E-state index contributed by atoms with van der Waals surface area (Å²) in [5.41, 5.74) is 2.48. The van der Waals surface area contributed by atoms with Crippen LogP contribution >= 0.6 is 12.2 Å². The molecule has 0 bridgehead atoms. The molecule has 0 radical (unpaired) electrons. The summed E-state index contributed by atoms with van der Waals surface area (Å²) in [5.74, 6) is 0.931. The van der Waals surface area contributed by atoms with Gasteiger partial charge in [0.05, 0.1) is 0 Å². The number of ether oxygens (including phenoxy) is 1. The maximum absolute atomic E-state index is 5.29. The van der Waals surface area contributed by atoms with Gasteiger partial charge in [0.1, 0.15) is 5.75 Å². The predicted molar refractivity (Wildman–Crippen MR) is 48.1 cm³/mol. The van der Waals surface area contributed by atoms with E-state index in [-0.39, 0.29) is 0 Å². The lowest BCUT2D eigenvalue weighted by atomic mass is 10.1. The zero-order valence-electron chi connectivity index (χ0n) is 6.26. The first-order valence-corrected chi connectivity index (χ1v) is 3.97. The van der Waals surface area contributed by atoms with E-state index in [1.54, 1.807) is 0 Å². The van der Waals surface area contributed by atoms with Crippen molar-refractivity contribution in [3.05, 3.63) is 29.3 Å². The average molecular weight is 164 g/mol. The molecular formula is C9H8OS. The fourth-order valence-electron chi connectivity index (χ4n) is 1.26. The fourth-order valence-corrected chi connectivity index (χ4v) is 1.51.